The van der Waals surface area contributed by atoms with Gasteiger partial charge in [-0.1, -0.05) is 60.7 Å². The van der Waals surface area contributed by atoms with E-state index in [-0.39, 0.29) is 12.5 Å². The zero-order valence-electron chi connectivity index (χ0n) is 14.4. The van der Waals surface area contributed by atoms with Gasteiger partial charge < -0.3 is 15.4 Å². The lowest BCUT2D eigenvalue weighted by Crippen LogP contribution is -2.41. The molecule has 132 valence electrons. The third kappa shape index (κ3) is 4.60. The van der Waals surface area contributed by atoms with Crippen molar-refractivity contribution in [3.8, 4) is 0 Å². The summed E-state index contributed by atoms with van der Waals surface area (Å²) in [7, 11) is 0. The van der Waals surface area contributed by atoms with E-state index in [2.05, 4.69) is 10.6 Å². The first kappa shape index (κ1) is 17.5. The zero-order valence-corrected chi connectivity index (χ0v) is 14.4. The Morgan fingerprint density at radius 2 is 1.62 bits per heavy atom. The minimum atomic E-state index is -0.718. The summed E-state index contributed by atoms with van der Waals surface area (Å²) in [5.41, 5.74) is 1.57. The summed E-state index contributed by atoms with van der Waals surface area (Å²) in [6, 6.07) is 22.2. The molecule has 2 N–H and O–H groups in total. The highest BCUT2D eigenvalue weighted by Crippen LogP contribution is 2.18. The maximum atomic E-state index is 12.3. The molecule has 3 rings (SSSR count). The number of hydrogen-bond donors (Lipinski definition) is 2. The molecule has 0 aromatic heterocycles. The van der Waals surface area contributed by atoms with E-state index in [1.165, 1.54) is 0 Å². The van der Waals surface area contributed by atoms with Gasteiger partial charge >= 0.3 is 6.09 Å². The molecule has 2 amide bonds. The lowest BCUT2D eigenvalue weighted by atomic mass is 10.1. The standard InChI is InChI=1S/C21H20N2O3/c1-15(22-21(25)26-14-16-7-3-2-4-8-16)20(24)23-19-12-11-17-9-5-6-10-18(17)13-19/h2-13,15H,14H2,1H3,(H,22,25)(H,23,24)/t15-/m0/s1. The first-order valence-electron chi connectivity index (χ1n) is 8.39. The molecule has 0 spiro atoms. The average Bonchev–Trinajstić information content (AvgIpc) is 2.67. The molecule has 0 bridgehead atoms. The quantitative estimate of drug-likeness (QED) is 0.730. The second-order valence-electron chi connectivity index (χ2n) is 5.98. The van der Waals surface area contributed by atoms with Gasteiger partial charge in [-0.05, 0) is 35.4 Å². The van der Waals surface area contributed by atoms with Gasteiger partial charge in [0.2, 0.25) is 5.91 Å². The van der Waals surface area contributed by atoms with E-state index >= 15 is 0 Å². The molecule has 5 heteroatoms. The van der Waals surface area contributed by atoms with E-state index in [4.69, 9.17) is 4.74 Å². The highest BCUT2D eigenvalue weighted by Gasteiger charge is 2.16. The Bertz CT molecular complexity index is 909. The second-order valence-corrected chi connectivity index (χ2v) is 5.98. The van der Waals surface area contributed by atoms with Crippen LogP contribution in [-0.2, 0) is 16.1 Å². The van der Waals surface area contributed by atoms with E-state index in [9.17, 15) is 9.59 Å². The highest BCUT2D eigenvalue weighted by atomic mass is 16.5. The van der Waals surface area contributed by atoms with Crippen LogP contribution in [0.15, 0.2) is 72.8 Å². The molecule has 26 heavy (non-hydrogen) atoms. The fourth-order valence-corrected chi connectivity index (χ4v) is 2.52. The van der Waals surface area contributed by atoms with Crippen molar-refractivity contribution in [3.05, 3.63) is 78.4 Å². The molecule has 0 aliphatic carbocycles. The van der Waals surface area contributed by atoms with Crippen LogP contribution in [0.25, 0.3) is 10.8 Å². The van der Waals surface area contributed by atoms with Gasteiger partial charge in [0.05, 0.1) is 0 Å². The van der Waals surface area contributed by atoms with Crippen LogP contribution >= 0.6 is 0 Å². The summed E-state index contributed by atoms with van der Waals surface area (Å²) >= 11 is 0. The molecule has 0 unspecified atom stereocenters. The summed E-state index contributed by atoms with van der Waals surface area (Å²) in [6.07, 6.45) is -0.630. The van der Waals surface area contributed by atoms with E-state index in [1.807, 2.05) is 72.8 Å². The predicted molar refractivity (Wildman–Crippen MR) is 102 cm³/mol. The molecule has 0 radical (unpaired) electrons. The molecular weight excluding hydrogens is 328 g/mol. The number of anilines is 1. The number of ether oxygens (including phenoxy) is 1. The minimum absolute atomic E-state index is 0.158. The third-order valence-electron chi connectivity index (χ3n) is 3.96. The zero-order chi connectivity index (χ0) is 18.4. The molecule has 0 aliphatic heterocycles. The van der Waals surface area contributed by atoms with E-state index in [1.54, 1.807) is 6.92 Å². The molecule has 0 saturated carbocycles. The van der Waals surface area contributed by atoms with Crippen LogP contribution in [0.1, 0.15) is 12.5 Å². The number of fused-ring (bicyclic) bond motifs is 1. The summed E-state index contributed by atoms with van der Waals surface area (Å²) < 4.78 is 5.13. The lowest BCUT2D eigenvalue weighted by Gasteiger charge is -2.14. The van der Waals surface area contributed by atoms with Crippen LogP contribution in [0.5, 0.6) is 0 Å². The Hall–Kier alpha value is -3.34. The van der Waals surface area contributed by atoms with Crippen molar-refractivity contribution in [2.45, 2.75) is 19.6 Å². The number of amides is 2. The number of carbonyl (C=O) groups is 2. The van der Waals surface area contributed by atoms with Crippen LogP contribution in [0.3, 0.4) is 0 Å². The highest BCUT2D eigenvalue weighted by molar-refractivity contribution is 5.98. The van der Waals surface area contributed by atoms with Gasteiger partial charge in [-0.2, -0.15) is 0 Å². The van der Waals surface area contributed by atoms with Gasteiger partial charge in [0.15, 0.2) is 0 Å². The largest absolute Gasteiger partial charge is 0.445 e. The minimum Gasteiger partial charge on any atom is -0.445 e. The van der Waals surface area contributed by atoms with Gasteiger partial charge in [-0.25, -0.2) is 4.79 Å². The van der Waals surface area contributed by atoms with Crippen molar-refractivity contribution in [2.75, 3.05) is 5.32 Å². The normalized spacial score (nSPS) is 11.6. The molecule has 3 aromatic carbocycles. The number of nitrogens with one attached hydrogen (secondary N) is 2. The first-order valence-corrected chi connectivity index (χ1v) is 8.39. The topological polar surface area (TPSA) is 67.4 Å². The van der Waals surface area contributed by atoms with Crippen LogP contribution < -0.4 is 10.6 Å². The first-order chi connectivity index (χ1) is 12.6. The SMILES string of the molecule is C[C@H](NC(=O)OCc1ccccc1)C(=O)Nc1ccc2ccccc2c1. The van der Waals surface area contributed by atoms with E-state index < -0.39 is 12.1 Å². The van der Waals surface area contributed by atoms with E-state index in [0.29, 0.717) is 5.69 Å². The fraction of sp³-hybridized carbons (Fsp3) is 0.143. The number of alkyl carbamates (subject to hydrolysis) is 1. The number of carbonyl (C=O) groups excluding carboxylic acids is 2. The summed E-state index contributed by atoms with van der Waals surface area (Å²) in [6.45, 7) is 1.77. The van der Waals surface area contributed by atoms with Crippen molar-refractivity contribution in [1.82, 2.24) is 5.32 Å². The van der Waals surface area contributed by atoms with Crippen LogP contribution in [0, 0.1) is 0 Å². The fourth-order valence-electron chi connectivity index (χ4n) is 2.52. The molecule has 3 aromatic rings. The maximum absolute atomic E-state index is 12.3. The molecule has 0 heterocycles. The Kier molecular flexibility index (Phi) is 5.49. The van der Waals surface area contributed by atoms with Gasteiger partial charge in [-0.3, -0.25) is 4.79 Å². The number of benzene rings is 3. The van der Waals surface area contributed by atoms with Gasteiger partial charge in [-0.15, -0.1) is 0 Å². The van der Waals surface area contributed by atoms with Gasteiger partial charge in [0, 0.05) is 5.69 Å². The maximum Gasteiger partial charge on any atom is 0.408 e. The predicted octanol–water partition coefficient (Wildman–Crippen LogP) is 4.09. The smallest absolute Gasteiger partial charge is 0.408 e. The molecule has 0 fully saturated rings. The van der Waals surface area contributed by atoms with Gasteiger partial charge in [0.1, 0.15) is 12.6 Å². The van der Waals surface area contributed by atoms with Crippen molar-refractivity contribution >= 4 is 28.5 Å². The third-order valence-corrected chi connectivity index (χ3v) is 3.96. The van der Waals surface area contributed by atoms with Crippen molar-refractivity contribution in [1.29, 1.82) is 0 Å². The Morgan fingerprint density at radius 1 is 0.923 bits per heavy atom. The Morgan fingerprint density at radius 3 is 2.38 bits per heavy atom. The molecule has 0 aliphatic rings. The van der Waals surface area contributed by atoms with Crippen molar-refractivity contribution < 1.29 is 14.3 Å². The van der Waals surface area contributed by atoms with Crippen LogP contribution in [0.2, 0.25) is 0 Å². The molecule has 5 nitrogen and oxygen atoms in total. The molecule has 0 saturated heterocycles. The Balaban J connectivity index is 1.52. The monoisotopic (exact) mass is 348 g/mol. The molecule has 1 atom stereocenters. The number of rotatable bonds is 5. The molecular formula is C21H20N2O3. The Labute approximate surface area is 152 Å². The average molecular weight is 348 g/mol. The van der Waals surface area contributed by atoms with Crippen LogP contribution in [-0.4, -0.2) is 18.0 Å². The van der Waals surface area contributed by atoms with Crippen molar-refractivity contribution in [3.63, 3.8) is 0 Å². The second kappa shape index (κ2) is 8.16. The summed E-state index contributed by atoms with van der Waals surface area (Å²) in [5.74, 6) is -0.308. The summed E-state index contributed by atoms with van der Waals surface area (Å²) in [4.78, 5) is 24.1. The van der Waals surface area contributed by atoms with E-state index in [0.717, 1.165) is 16.3 Å². The lowest BCUT2D eigenvalue weighted by molar-refractivity contribution is -0.117. The van der Waals surface area contributed by atoms with Gasteiger partial charge in [0.25, 0.3) is 0 Å². The number of hydrogen-bond acceptors (Lipinski definition) is 3. The van der Waals surface area contributed by atoms with Crippen molar-refractivity contribution in [2.24, 2.45) is 0 Å². The summed E-state index contributed by atoms with van der Waals surface area (Å²) in [5, 5.41) is 7.47. The van der Waals surface area contributed by atoms with Crippen LogP contribution in [0.4, 0.5) is 10.5 Å².